The molecule has 4 heteroatoms. The minimum atomic E-state index is -0.722. The Balaban J connectivity index is 1.78. The maximum Gasteiger partial charge on any atom is 0.303 e. The standard InChI is InChI=1S/C18H29NO3/c1-2-7-16(20)19-18-14-11-10-13(12-14)15(18)8-5-3-4-6-9-17(21)22/h3,5,13-15,18H,2,4,6-12H2,1H3,(H,19,20)(H,21,22)/b5-3-/t13?,14-,15+,18+/m0/s1. The fourth-order valence-corrected chi connectivity index (χ4v) is 4.20. The van der Waals surface area contributed by atoms with Crippen molar-refractivity contribution in [1.82, 2.24) is 5.32 Å². The third-order valence-electron chi connectivity index (χ3n) is 5.23. The number of aliphatic carboxylic acids is 1. The first-order chi connectivity index (χ1) is 10.6. The van der Waals surface area contributed by atoms with Crippen molar-refractivity contribution in [3.63, 3.8) is 0 Å². The fourth-order valence-electron chi connectivity index (χ4n) is 4.20. The second kappa shape index (κ2) is 8.35. The minimum absolute atomic E-state index is 0.204. The molecular formula is C18H29NO3. The summed E-state index contributed by atoms with van der Waals surface area (Å²) in [6, 6.07) is 0.362. The monoisotopic (exact) mass is 307 g/mol. The number of carboxylic acids is 1. The van der Waals surface area contributed by atoms with Gasteiger partial charge in [-0.1, -0.05) is 19.1 Å². The molecule has 0 saturated heterocycles. The molecule has 22 heavy (non-hydrogen) atoms. The van der Waals surface area contributed by atoms with E-state index >= 15 is 0 Å². The zero-order valence-electron chi connectivity index (χ0n) is 13.6. The number of allylic oxidation sites excluding steroid dienone is 2. The van der Waals surface area contributed by atoms with Gasteiger partial charge in [0.15, 0.2) is 0 Å². The van der Waals surface area contributed by atoms with Gasteiger partial charge in [-0.2, -0.15) is 0 Å². The molecule has 2 saturated carbocycles. The van der Waals surface area contributed by atoms with Crippen LogP contribution in [0, 0.1) is 17.8 Å². The van der Waals surface area contributed by atoms with E-state index in [2.05, 4.69) is 17.5 Å². The van der Waals surface area contributed by atoms with Gasteiger partial charge in [0.05, 0.1) is 0 Å². The van der Waals surface area contributed by atoms with Crippen molar-refractivity contribution in [3.05, 3.63) is 12.2 Å². The molecule has 0 aliphatic heterocycles. The molecule has 0 aromatic carbocycles. The van der Waals surface area contributed by atoms with Crippen LogP contribution >= 0.6 is 0 Å². The molecule has 0 radical (unpaired) electrons. The SMILES string of the molecule is CCCC(=O)N[C@@H]1[C@H]2CCC(C2)[C@H]1C/C=C\CCCC(=O)O. The summed E-state index contributed by atoms with van der Waals surface area (Å²) in [5.41, 5.74) is 0. The van der Waals surface area contributed by atoms with Crippen LogP contribution in [0.5, 0.6) is 0 Å². The summed E-state index contributed by atoms with van der Waals surface area (Å²) < 4.78 is 0. The lowest BCUT2D eigenvalue weighted by molar-refractivity contribution is -0.137. The van der Waals surface area contributed by atoms with Gasteiger partial charge >= 0.3 is 5.97 Å². The highest BCUT2D eigenvalue weighted by atomic mass is 16.4. The van der Waals surface area contributed by atoms with Crippen LogP contribution in [0.1, 0.15) is 64.7 Å². The summed E-state index contributed by atoms with van der Waals surface area (Å²) in [5, 5.41) is 11.9. The highest BCUT2D eigenvalue weighted by Gasteiger charge is 2.47. The van der Waals surface area contributed by atoms with E-state index in [-0.39, 0.29) is 12.3 Å². The Bertz CT molecular complexity index is 419. The van der Waals surface area contributed by atoms with Crippen LogP contribution in [-0.4, -0.2) is 23.0 Å². The van der Waals surface area contributed by atoms with Gasteiger partial charge in [-0.25, -0.2) is 0 Å². The van der Waals surface area contributed by atoms with E-state index in [0.717, 1.165) is 25.2 Å². The predicted octanol–water partition coefficient (Wildman–Crippen LogP) is 3.52. The molecule has 2 bridgehead atoms. The van der Waals surface area contributed by atoms with E-state index in [4.69, 9.17) is 5.11 Å². The Hall–Kier alpha value is -1.32. The van der Waals surface area contributed by atoms with Crippen LogP contribution < -0.4 is 5.32 Å². The van der Waals surface area contributed by atoms with Crippen molar-refractivity contribution >= 4 is 11.9 Å². The zero-order valence-corrected chi connectivity index (χ0v) is 13.6. The molecule has 4 nitrogen and oxygen atoms in total. The van der Waals surface area contributed by atoms with E-state index < -0.39 is 5.97 Å². The molecule has 0 heterocycles. The number of carbonyl (C=O) groups is 2. The number of hydrogen-bond acceptors (Lipinski definition) is 2. The Morgan fingerprint density at radius 2 is 1.95 bits per heavy atom. The second-order valence-electron chi connectivity index (χ2n) is 6.83. The van der Waals surface area contributed by atoms with Crippen LogP contribution in [0.4, 0.5) is 0 Å². The van der Waals surface area contributed by atoms with Crippen molar-refractivity contribution in [2.24, 2.45) is 17.8 Å². The molecule has 1 amide bonds. The van der Waals surface area contributed by atoms with Gasteiger partial charge < -0.3 is 10.4 Å². The molecule has 0 spiro atoms. The summed E-state index contributed by atoms with van der Waals surface area (Å²) in [7, 11) is 0. The Kier molecular flexibility index (Phi) is 6.47. The van der Waals surface area contributed by atoms with E-state index in [9.17, 15) is 9.59 Å². The van der Waals surface area contributed by atoms with Crippen LogP contribution in [0.25, 0.3) is 0 Å². The van der Waals surface area contributed by atoms with Crippen LogP contribution in [0.15, 0.2) is 12.2 Å². The first-order valence-electron chi connectivity index (χ1n) is 8.78. The zero-order chi connectivity index (χ0) is 15.9. The third-order valence-corrected chi connectivity index (χ3v) is 5.23. The molecule has 2 N–H and O–H groups in total. The molecule has 1 unspecified atom stereocenters. The third kappa shape index (κ3) is 4.59. The number of fused-ring (bicyclic) bond motifs is 2. The molecule has 2 aliphatic rings. The number of nitrogens with one attached hydrogen (secondary N) is 1. The van der Waals surface area contributed by atoms with E-state index in [0.29, 0.717) is 30.7 Å². The number of rotatable bonds is 9. The molecule has 0 aromatic heterocycles. The van der Waals surface area contributed by atoms with Crippen LogP contribution in [-0.2, 0) is 9.59 Å². The van der Waals surface area contributed by atoms with Gasteiger partial charge in [0, 0.05) is 18.9 Å². The van der Waals surface area contributed by atoms with Gasteiger partial charge in [0.25, 0.3) is 0 Å². The first-order valence-corrected chi connectivity index (χ1v) is 8.78. The Morgan fingerprint density at radius 1 is 1.18 bits per heavy atom. The summed E-state index contributed by atoms with van der Waals surface area (Å²) in [6.07, 6.45) is 12.5. The lowest BCUT2D eigenvalue weighted by Crippen LogP contribution is -2.43. The lowest BCUT2D eigenvalue weighted by atomic mass is 9.82. The van der Waals surface area contributed by atoms with Crippen molar-refractivity contribution < 1.29 is 14.7 Å². The molecule has 4 atom stereocenters. The smallest absolute Gasteiger partial charge is 0.303 e. The van der Waals surface area contributed by atoms with Crippen molar-refractivity contribution in [1.29, 1.82) is 0 Å². The first kappa shape index (κ1) is 17.0. The average Bonchev–Trinajstić information content (AvgIpc) is 3.05. The topological polar surface area (TPSA) is 66.4 Å². The second-order valence-corrected chi connectivity index (χ2v) is 6.83. The molecule has 2 aliphatic carbocycles. The fraction of sp³-hybridized carbons (Fsp3) is 0.778. The van der Waals surface area contributed by atoms with E-state index in [1.54, 1.807) is 0 Å². The average molecular weight is 307 g/mol. The molecule has 2 rings (SSSR count). The van der Waals surface area contributed by atoms with Gasteiger partial charge in [0.2, 0.25) is 5.91 Å². The summed E-state index contributed by atoms with van der Waals surface area (Å²) >= 11 is 0. The normalized spacial score (nSPS) is 30.0. The van der Waals surface area contributed by atoms with Crippen LogP contribution in [0.3, 0.4) is 0 Å². The van der Waals surface area contributed by atoms with Crippen molar-refractivity contribution in [2.75, 3.05) is 0 Å². The van der Waals surface area contributed by atoms with Crippen molar-refractivity contribution in [3.8, 4) is 0 Å². The van der Waals surface area contributed by atoms with Gasteiger partial charge in [-0.15, -0.1) is 0 Å². The highest BCUT2D eigenvalue weighted by molar-refractivity contribution is 5.76. The number of carbonyl (C=O) groups excluding carboxylic acids is 1. The summed E-state index contributed by atoms with van der Waals surface area (Å²) in [5.74, 6) is 1.50. The predicted molar refractivity (Wildman–Crippen MR) is 86.4 cm³/mol. The number of amides is 1. The van der Waals surface area contributed by atoms with E-state index in [1.807, 2.05) is 6.92 Å². The molecule has 124 valence electrons. The maximum atomic E-state index is 11.9. The quantitative estimate of drug-likeness (QED) is 0.506. The molecular weight excluding hydrogens is 278 g/mol. The molecule has 2 fully saturated rings. The largest absolute Gasteiger partial charge is 0.481 e. The lowest BCUT2D eigenvalue weighted by Gasteiger charge is -2.31. The number of unbranched alkanes of at least 4 members (excludes halogenated alkanes) is 1. The maximum absolute atomic E-state index is 11.9. The summed E-state index contributed by atoms with van der Waals surface area (Å²) in [6.45, 7) is 2.04. The molecule has 0 aromatic rings. The van der Waals surface area contributed by atoms with Gasteiger partial charge in [-0.3, -0.25) is 9.59 Å². The van der Waals surface area contributed by atoms with Gasteiger partial charge in [0.1, 0.15) is 0 Å². The van der Waals surface area contributed by atoms with Crippen molar-refractivity contribution in [2.45, 2.75) is 70.8 Å². The van der Waals surface area contributed by atoms with Gasteiger partial charge in [-0.05, 0) is 62.7 Å². The Morgan fingerprint density at radius 3 is 2.68 bits per heavy atom. The number of carboxylic acid groups (broad SMARTS) is 1. The minimum Gasteiger partial charge on any atom is -0.481 e. The van der Waals surface area contributed by atoms with E-state index in [1.165, 1.54) is 19.3 Å². The summed E-state index contributed by atoms with van der Waals surface area (Å²) in [4.78, 5) is 22.4. The Labute approximate surface area is 133 Å². The highest BCUT2D eigenvalue weighted by Crippen LogP contribution is 2.49. The number of hydrogen-bond donors (Lipinski definition) is 2. The van der Waals surface area contributed by atoms with Crippen LogP contribution in [0.2, 0.25) is 0 Å².